The van der Waals surface area contributed by atoms with E-state index in [-0.39, 0.29) is 11.5 Å². The molecule has 1 amide bonds. The summed E-state index contributed by atoms with van der Waals surface area (Å²) >= 11 is 3.16. The van der Waals surface area contributed by atoms with Crippen LogP contribution in [0.3, 0.4) is 0 Å². The Morgan fingerprint density at radius 1 is 1.53 bits per heavy atom. The zero-order valence-electron chi connectivity index (χ0n) is 8.09. The summed E-state index contributed by atoms with van der Waals surface area (Å²) in [7, 11) is 1.63. The molecule has 0 atom stereocenters. The first-order valence-corrected chi connectivity index (χ1v) is 5.26. The lowest BCUT2D eigenvalue weighted by atomic mass is 10.1. The van der Waals surface area contributed by atoms with Gasteiger partial charge in [-0.05, 0) is 12.1 Å². The average molecular weight is 274 g/mol. The molecule has 0 radical (unpaired) electrons. The number of hydrogen-bond donors (Lipinski definition) is 0. The van der Waals surface area contributed by atoms with E-state index in [1.807, 2.05) is 0 Å². The molecule has 5 heteroatoms. The minimum Gasteiger partial charge on any atom is -0.491 e. The van der Waals surface area contributed by atoms with E-state index in [2.05, 4.69) is 15.9 Å². The fourth-order valence-electron chi connectivity index (χ4n) is 1.46. The van der Waals surface area contributed by atoms with E-state index in [1.165, 1.54) is 11.0 Å². The SMILES string of the molecule is CN1CCOc2cc(Br)cc(F)c2C1=O. The Hall–Kier alpha value is -1.10. The van der Waals surface area contributed by atoms with Gasteiger partial charge in [-0.2, -0.15) is 0 Å². The fourth-order valence-corrected chi connectivity index (χ4v) is 1.87. The lowest BCUT2D eigenvalue weighted by Crippen LogP contribution is -2.28. The number of likely N-dealkylation sites (N-methyl/N-ethyl adjacent to an activating group) is 1. The zero-order chi connectivity index (χ0) is 11.0. The van der Waals surface area contributed by atoms with Crippen LogP contribution in [0.4, 0.5) is 4.39 Å². The average Bonchev–Trinajstić information content (AvgIpc) is 2.27. The predicted octanol–water partition coefficient (Wildman–Crippen LogP) is 2.05. The highest BCUT2D eigenvalue weighted by Crippen LogP contribution is 2.29. The first-order valence-electron chi connectivity index (χ1n) is 4.47. The number of halogens is 2. The smallest absolute Gasteiger partial charge is 0.260 e. The maximum absolute atomic E-state index is 13.6. The van der Waals surface area contributed by atoms with Crippen molar-refractivity contribution in [1.82, 2.24) is 4.90 Å². The largest absolute Gasteiger partial charge is 0.491 e. The van der Waals surface area contributed by atoms with E-state index in [0.29, 0.717) is 23.4 Å². The molecule has 0 unspecified atom stereocenters. The van der Waals surface area contributed by atoms with Crippen molar-refractivity contribution in [2.24, 2.45) is 0 Å². The first kappa shape index (κ1) is 10.4. The summed E-state index contributed by atoms with van der Waals surface area (Å²) in [5.41, 5.74) is 0.0122. The molecule has 1 aliphatic heterocycles. The summed E-state index contributed by atoms with van der Waals surface area (Å²) in [5.74, 6) is -0.596. The molecular weight excluding hydrogens is 265 g/mol. The summed E-state index contributed by atoms with van der Waals surface area (Å²) in [6.07, 6.45) is 0. The van der Waals surface area contributed by atoms with Crippen LogP contribution in [-0.4, -0.2) is 31.0 Å². The molecule has 0 aromatic heterocycles. The van der Waals surface area contributed by atoms with Gasteiger partial charge in [0.05, 0.1) is 6.54 Å². The van der Waals surface area contributed by atoms with E-state index in [9.17, 15) is 9.18 Å². The minimum absolute atomic E-state index is 0.0122. The number of rotatable bonds is 0. The summed E-state index contributed by atoms with van der Waals surface area (Å²) in [6, 6.07) is 2.87. The maximum atomic E-state index is 13.6. The third-order valence-corrected chi connectivity index (χ3v) is 2.72. The predicted molar refractivity (Wildman–Crippen MR) is 56.6 cm³/mol. The molecule has 1 heterocycles. The van der Waals surface area contributed by atoms with Crippen LogP contribution in [0, 0.1) is 5.82 Å². The van der Waals surface area contributed by atoms with Gasteiger partial charge < -0.3 is 9.64 Å². The molecule has 15 heavy (non-hydrogen) atoms. The van der Waals surface area contributed by atoms with Crippen molar-refractivity contribution in [3.8, 4) is 5.75 Å². The molecular formula is C10H9BrFNO2. The molecule has 0 saturated carbocycles. The topological polar surface area (TPSA) is 29.5 Å². The van der Waals surface area contributed by atoms with Crippen LogP contribution >= 0.6 is 15.9 Å². The number of fused-ring (bicyclic) bond motifs is 1. The Morgan fingerprint density at radius 3 is 3.00 bits per heavy atom. The monoisotopic (exact) mass is 273 g/mol. The maximum Gasteiger partial charge on any atom is 0.260 e. The highest BCUT2D eigenvalue weighted by atomic mass is 79.9. The van der Waals surface area contributed by atoms with Gasteiger partial charge in [-0.3, -0.25) is 4.79 Å². The van der Waals surface area contributed by atoms with Gasteiger partial charge in [-0.25, -0.2) is 4.39 Å². The number of ether oxygens (including phenoxy) is 1. The lowest BCUT2D eigenvalue weighted by Gasteiger charge is -2.12. The van der Waals surface area contributed by atoms with E-state index >= 15 is 0 Å². The van der Waals surface area contributed by atoms with Gasteiger partial charge in [0.2, 0.25) is 0 Å². The minimum atomic E-state index is -0.557. The Bertz CT molecular complexity index is 422. The van der Waals surface area contributed by atoms with E-state index in [1.54, 1.807) is 13.1 Å². The van der Waals surface area contributed by atoms with Crippen LogP contribution in [0.15, 0.2) is 16.6 Å². The number of nitrogens with zero attached hydrogens (tertiary/aromatic N) is 1. The number of carbonyl (C=O) groups is 1. The standard InChI is InChI=1S/C10H9BrFNO2/c1-13-2-3-15-8-5-6(11)4-7(12)9(8)10(13)14/h4-5H,2-3H2,1H3. The van der Waals surface area contributed by atoms with E-state index in [0.717, 1.165) is 0 Å². The molecule has 1 aliphatic rings. The van der Waals surface area contributed by atoms with Gasteiger partial charge in [-0.1, -0.05) is 15.9 Å². The molecule has 0 aliphatic carbocycles. The Balaban J connectivity index is 2.58. The van der Waals surface area contributed by atoms with Crippen molar-refractivity contribution in [2.45, 2.75) is 0 Å². The molecule has 1 aromatic carbocycles. The normalized spacial score (nSPS) is 15.7. The highest BCUT2D eigenvalue weighted by molar-refractivity contribution is 9.10. The zero-order valence-corrected chi connectivity index (χ0v) is 9.67. The molecule has 0 fully saturated rings. The second kappa shape index (κ2) is 3.81. The molecule has 3 nitrogen and oxygen atoms in total. The third kappa shape index (κ3) is 1.84. The molecule has 2 rings (SSSR count). The van der Waals surface area contributed by atoms with Crippen molar-refractivity contribution in [2.75, 3.05) is 20.2 Å². The van der Waals surface area contributed by atoms with Crippen LogP contribution in [0.2, 0.25) is 0 Å². The number of carbonyl (C=O) groups excluding carboxylic acids is 1. The van der Waals surface area contributed by atoms with E-state index < -0.39 is 5.82 Å². The molecule has 0 saturated heterocycles. The van der Waals surface area contributed by atoms with Gasteiger partial charge in [-0.15, -0.1) is 0 Å². The summed E-state index contributed by atoms with van der Waals surface area (Å²) in [4.78, 5) is 13.2. The summed E-state index contributed by atoms with van der Waals surface area (Å²) in [6.45, 7) is 0.843. The second-order valence-electron chi connectivity index (χ2n) is 3.34. The van der Waals surface area contributed by atoms with Crippen LogP contribution < -0.4 is 4.74 Å². The van der Waals surface area contributed by atoms with Gasteiger partial charge in [0.25, 0.3) is 5.91 Å². The van der Waals surface area contributed by atoms with Crippen LogP contribution in [-0.2, 0) is 0 Å². The Morgan fingerprint density at radius 2 is 2.27 bits per heavy atom. The van der Waals surface area contributed by atoms with E-state index in [4.69, 9.17) is 4.74 Å². The fraction of sp³-hybridized carbons (Fsp3) is 0.300. The molecule has 1 aromatic rings. The van der Waals surface area contributed by atoms with Crippen LogP contribution in [0.25, 0.3) is 0 Å². The van der Waals surface area contributed by atoms with Crippen LogP contribution in [0.1, 0.15) is 10.4 Å². The molecule has 0 N–H and O–H groups in total. The van der Waals surface area contributed by atoms with Crippen molar-refractivity contribution < 1.29 is 13.9 Å². The number of amides is 1. The Kier molecular flexibility index (Phi) is 2.65. The van der Waals surface area contributed by atoms with Gasteiger partial charge in [0, 0.05) is 11.5 Å². The quantitative estimate of drug-likeness (QED) is 0.724. The molecule has 80 valence electrons. The van der Waals surface area contributed by atoms with Gasteiger partial charge >= 0.3 is 0 Å². The Labute approximate surface area is 95.0 Å². The molecule has 0 spiro atoms. The first-order chi connectivity index (χ1) is 7.09. The second-order valence-corrected chi connectivity index (χ2v) is 4.25. The van der Waals surface area contributed by atoms with Crippen molar-refractivity contribution in [1.29, 1.82) is 0 Å². The third-order valence-electron chi connectivity index (χ3n) is 2.26. The number of benzene rings is 1. The number of hydrogen-bond acceptors (Lipinski definition) is 2. The van der Waals surface area contributed by atoms with Crippen molar-refractivity contribution >= 4 is 21.8 Å². The van der Waals surface area contributed by atoms with Gasteiger partial charge in [0.1, 0.15) is 23.7 Å². The molecule has 0 bridgehead atoms. The summed E-state index contributed by atoms with van der Waals surface area (Å²) in [5, 5.41) is 0. The highest BCUT2D eigenvalue weighted by Gasteiger charge is 2.25. The van der Waals surface area contributed by atoms with Gasteiger partial charge in [0.15, 0.2) is 0 Å². The van der Waals surface area contributed by atoms with Crippen molar-refractivity contribution in [3.63, 3.8) is 0 Å². The summed E-state index contributed by atoms with van der Waals surface area (Å²) < 4.78 is 19.5. The van der Waals surface area contributed by atoms with Crippen molar-refractivity contribution in [3.05, 3.63) is 28.0 Å². The van der Waals surface area contributed by atoms with Crippen LogP contribution in [0.5, 0.6) is 5.75 Å². The lowest BCUT2D eigenvalue weighted by molar-refractivity contribution is 0.0793.